The van der Waals surface area contributed by atoms with Crippen LogP contribution in [0.15, 0.2) is 18.2 Å². The molecule has 0 heterocycles. The standard InChI is InChI=1S/C16H24FN3O2.ClH/c1-16(2,3)15(22)19-11-6-7-13(17)12(10-11)14(21)20(5)9-8-18-4;/h6-7,10,18H,8-9H2,1-5H3,(H,19,22);1H. The molecule has 1 rings (SSSR count). The number of carbonyl (C=O) groups excluding carboxylic acids is 2. The monoisotopic (exact) mass is 345 g/mol. The molecule has 23 heavy (non-hydrogen) atoms. The number of anilines is 1. The van der Waals surface area contributed by atoms with Crippen LogP contribution in [0.3, 0.4) is 0 Å². The summed E-state index contributed by atoms with van der Waals surface area (Å²) >= 11 is 0. The van der Waals surface area contributed by atoms with Crippen LogP contribution in [-0.4, -0.2) is 43.9 Å². The lowest BCUT2D eigenvalue weighted by atomic mass is 9.95. The summed E-state index contributed by atoms with van der Waals surface area (Å²) in [5.41, 5.74) is -0.209. The van der Waals surface area contributed by atoms with E-state index in [2.05, 4.69) is 10.6 Å². The van der Waals surface area contributed by atoms with Crippen molar-refractivity contribution in [3.63, 3.8) is 0 Å². The Morgan fingerprint density at radius 3 is 2.39 bits per heavy atom. The minimum absolute atomic E-state index is 0. The molecule has 0 aliphatic rings. The predicted octanol–water partition coefficient (Wildman–Crippen LogP) is 2.52. The van der Waals surface area contributed by atoms with Gasteiger partial charge < -0.3 is 15.5 Å². The number of halogens is 2. The Hall–Kier alpha value is -1.66. The van der Waals surface area contributed by atoms with E-state index in [1.54, 1.807) is 34.9 Å². The second-order valence-corrected chi connectivity index (χ2v) is 6.23. The van der Waals surface area contributed by atoms with Crippen molar-refractivity contribution in [2.24, 2.45) is 5.41 Å². The summed E-state index contributed by atoms with van der Waals surface area (Å²) in [4.78, 5) is 25.7. The van der Waals surface area contributed by atoms with Gasteiger partial charge in [0.1, 0.15) is 5.82 Å². The number of carbonyl (C=O) groups is 2. The molecule has 0 unspecified atom stereocenters. The molecule has 0 atom stereocenters. The smallest absolute Gasteiger partial charge is 0.256 e. The van der Waals surface area contributed by atoms with Gasteiger partial charge in [-0.25, -0.2) is 4.39 Å². The van der Waals surface area contributed by atoms with Crippen LogP contribution in [0.25, 0.3) is 0 Å². The van der Waals surface area contributed by atoms with Crippen LogP contribution in [-0.2, 0) is 4.79 Å². The number of nitrogens with one attached hydrogen (secondary N) is 2. The van der Waals surface area contributed by atoms with Gasteiger partial charge in [-0.3, -0.25) is 9.59 Å². The summed E-state index contributed by atoms with van der Waals surface area (Å²) in [6, 6.07) is 4.01. The Bertz CT molecular complexity index is 559. The molecule has 0 aliphatic carbocycles. The maximum Gasteiger partial charge on any atom is 0.256 e. The first-order valence-corrected chi connectivity index (χ1v) is 7.18. The molecule has 0 saturated heterocycles. The van der Waals surface area contributed by atoms with Crippen molar-refractivity contribution in [3.8, 4) is 0 Å². The van der Waals surface area contributed by atoms with E-state index in [4.69, 9.17) is 0 Å². The molecular formula is C16H25ClFN3O2. The number of hydrogen-bond donors (Lipinski definition) is 2. The van der Waals surface area contributed by atoms with Crippen molar-refractivity contribution < 1.29 is 14.0 Å². The van der Waals surface area contributed by atoms with Gasteiger partial charge in [-0.05, 0) is 25.2 Å². The SMILES string of the molecule is CNCCN(C)C(=O)c1cc(NC(=O)C(C)(C)C)ccc1F.Cl. The highest BCUT2D eigenvalue weighted by Crippen LogP contribution is 2.20. The molecule has 0 radical (unpaired) electrons. The first-order valence-electron chi connectivity index (χ1n) is 7.18. The normalized spacial score (nSPS) is 10.7. The third-order valence-electron chi connectivity index (χ3n) is 3.18. The van der Waals surface area contributed by atoms with Crippen LogP contribution in [0.4, 0.5) is 10.1 Å². The van der Waals surface area contributed by atoms with Gasteiger partial charge in [-0.1, -0.05) is 20.8 Å². The highest BCUT2D eigenvalue weighted by molar-refractivity contribution is 5.98. The number of rotatable bonds is 5. The lowest BCUT2D eigenvalue weighted by Crippen LogP contribution is -2.33. The van der Waals surface area contributed by atoms with Crippen molar-refractivity contribution in [1.82, 2.24) is 10.2 Å². The van der Waals surface area contributed by atoms with E-state index in [9.17, 15) is 14.0 Å². The van der Waals surface area contributed by atoms with Crippen molar-refractivity contribution in [2.45, 2.75) is 20.8 Å². The zero-order valence-corrected chi connectivity index (χ0v) is 15.0. The van der Waals surface area contributed by atoms with Crippen molar-refractivity contribution in [3.05, 3.63) is 29.6 Å². The van der Waals surface area contributed by atoms with E-state index in [0.717, 1.165) is 0 Å². The Morgan fingerprint density at radius 1 is 1.26 bits per heavy atom. The van der Waals surface area contributed by atoms with E-state index in [0.29, 0.717) is 18.8 Å². The fourth-order valence-electron chi connectivity index (χ4n) is 1.67. The molecule has 2 amide bonds. The molecule has 5 nitrogen and oxygen atoms in total. The zero-order valence-electron chi connectivity index (χ0n) is 14.2. The average molecular weight is 346 g/mol. The summed E-state index contributed by atoms with van der Waals surface area (Å²) in [7, 11) is 3.39. The molecule has 0 aromatic heterocycles. The zero-order chi connectivity index (χ0) is 16.9. The van der Waals surface area contributed by atoms with Crippen molar-refractivity contribution in [2.75, 3.05) is 32.5 Å². The number of likely N-dealkylation sites (N-methyl/N-ethyl adjacent to an activating group) is 2. The van der Waals surface area contributed by atoms with E-state index < -0.39 is 17.1 Å². The highest BCUT2D eigenvalue weighted by Gasteiger charge is 2.22. The second-order valence-electron chi connectivity index (χ2n) is 6.23. The first-order chi connectivity index (χ1) is 10.2. The van der Waals surface area contributed by atoms with E-state index in [1.165, 1.54) is 23.1 Å². The predicted molar refractivity (Wildman–Crippen MR) is 92.6 cm³/mol. The van der Waals surface area contributed by atoms with Crippen LogP contribution < -0.4 is 10.6 Å². The fourth-order valence-corrected chi connectivity index (χ4v) is 1.67. The van der Waals surface area contributed by atoms with Crippen LogP contribution in [0.2, 0.25) is 0 Å². The molecule has 1 aromatic rings. The van der Waals surface area contributed by atoms with Gasteiger partial charge in [-0.2, -0.15) is 0 Å². The van der Waals surface area contributed by atoms with E-state index >= 15 is 0 Å². The van der Waals surface area contributed by atoms with Crippen molar-refractivity contribution >= 4 is 29.9 Å². The van der Waals surface area contributed by atoms with Gasteiger partial charge in [-0.15, -0.1) is 12.4 Å². The third kappa shape index (κ3) is 6.15. The molecule has 0 fully saturated rings. The van der Waals surface area contributed by atoms with Gasteiger partial charge >= 0.3 is 0 Å². The number of amides is 2. The molecule has 0 aliphatic heterocycles. The van der Waals surface area contributed by atoms with Gasteiger partial charge in [0.05, 0.1) is 5.56 Å². The number of nitrogens with zero attached hydrogens (tertiary/aromatic N) is 1. The molecule has 7 heteroatoms. The Kier molecular flexibility index (Phi) is 8.20. The van der Waals surface area contributed by atoms with E-state index in [-0.39, 0.29) is 23.9 Å². The lowest BCUT2D eigenvalue weighted by Gasteiger charge is -2.20. The topological polar surface area (TPSA) is 61.4 Å². The van der Waals surface area contributed by atoms with Crippen LogP contribution in [0.1, 0.15) is 31.1 Å². The lowest BCUT2D eigenvalue weighted by molar-refractivity contribution is -0.123. The van der Waals surface area contributed by atoms with Gasteiger partial charge in [0.25, 0.3) is 5.91 Å². The quantitative estimate of drug-likeness (QED) is 0.862. The molecule has 0 spiro atoms. The maximum atomic E-state index is 13.9. The first kappa shape index (κ1) is 21.3. The van der Waals surface area contributed by atoms with Crippen LogP contribution >= 0.6 is 12.4 Å². The summed E-state index contributed by atoms with van der Waals surface area (Å²) in [6.45, 7) is 6.42. The Labute approximate surface area is 143 Å². The molecular weight excluding hydrogens is 321 g/mol. The minimum atomic E-state index is -0.602. The van der Waals surface area contributed by atoms with Crippen LogP contribution in [0, 0.1) is 11.2 Å². The Morgan fingerprint density at radius 2 is 1.87 bits per heavy atom. The number of hydrogen-bond acceptors (Lipinski definition) is 3. The number of benzene rings is 1. The highest BCUT2D eigenvalue weighted by atomic mass is 35.5. The van der Waals surface area contributed by atoms with Gasteiger partial charge in [0.2, 0.25) is 5.91 Å². The fraction of sp³-hybridized carbons (Fsp3) is 0.500. The Balaban J connectivity index is 0.00000484. The largest absolute Gasteiger partial charge is 0.340 e. The summed E-state index contributed by atoms with van der Waals surface area (Å²) in [5.74, 6) is -1.21. The summed E-state index contributed by atoms with van der Waals surface area (Å²) in [6.07, 6.45) is 0. The summed E-state index contributed by atoms with van der Waals surface area (Å²) < 4.78 is 13.9. The van der Waals surface area contributed by atoms with Gasteiger partial charge in [0.15, 0.2) is 0 Å². The molecule has 0 bridgehead atoms. The van der Waals surface area contributed by atoms with Crippen molar-refractivity contribution in [1.29, 1.82) is 0 Å². The van der Waals surface area contributed by atoms with E-state index in [1.807, 2.05) is 0 Å². The van der Waals surface area contributed by atoms with Crippen LogP contribution in [0.5, 0.6) is 0 Å². The third-order valence-corrected chi connectivity index (χ3v) is 3.18. The summed E-state index contributed by atoms with van der Waals surface area (Å²) in [5, 5.41) is 5.63. The average Bonchev–Trinajstić information content (AvgIpc) is 2.44. The molecule has 0 saturated carbocycles. The minimum Gasteiger partial charge on any atom is -0.340 e. The molecule has 130 valence electrons. The van der Waals surface area contributed by atoms with Gasteiger partial charge in [0, 0.05) is 31.2 Å². The maximum absolute atomic E-state index is 13.9. The molecule has 2 N–H and O–H groups in total. The second kappa shape index (κ2) is 8.84. The molecule has 1 aromatic carbocycles.